The second kappa shape index (κ2) is 13.7. The van der Waals surface area contributed by atoms with Crippen LogP contribution in [0.15, 0.2) is 42.7 Å². The van der Waals surface area contributed by atoms with Crippen LogP contribution in [-0.2, 0) is 4.74 Å². The molecule has 2 aliphatic heterocycles. The van der Waals surface area contributed by atoms with Gasteiger partial charge in [0.25, 0.3) is 5.91 Å². The lowest BCUT2D eigenvalue weighted by molar-refractivity contribution is 0.0383. The molecule has 2 fully saturated rings. The van der Waals surface area contributed by atoms with Crippen LogP contribution < -0.4 is 10.2 Å². The first kappa shape index (κ1) is 26.5. The molecule has 3 aromatic rings. The van der Waals surface area contributed by atoms with E-state index < -0.39 is 11.6 Å². The van der Waals surface area contributed by atoms with Crippen molar-refractivity contribution in [3.8, 4) is 0 Å². The predicted molar refractivity (Wildman–Crippen MR) is 132 cm³/mol. The number of hydrogen-bond donors (Lipinski definition) is 1. The number of nitrogens with one attached hydrogen (secondary N) is 1. The zero-order chi connectivity index (χ0) is 25.0. The molecule has 0 spiro atoms. The van der Waals surface area contributed by atoms with Crippen LogP contribution in [0.2, 0.25) is 0 Å². The first-order valence-corrected chi connectivity index (χ1v) is 12.2. The third-order valence-electron chi connectivity index (χ3n) is 5.65. The molecule has 1 N–H and O–H groups in total. The van der Waals surface area contributed by atoms with Crippen molar-refractivity contribution in [1.82, 2.24) is 24.8 Å². The van der Waals surface area contributed by atoms with Gasteiger partial charge in [-0.15, -0.1) is 0 Å². The third-order valence-corrected chi connectivity index (χ3v) is 5.65. The summed E-state index contributed by atoms with van der Waals surface area (Å²) in [6.07, 6.45) is 5.86. The van der Waals surface area contributed by atoms with Crippen LogP contribution >= 0.6 is 0 Å². The highest BCUT2D eigenvalue weighted by molar-refractivity contribution is 5.99. The van der Waals surface area contributed by atoms with Gasteiger partial charge in [0.15, 0.2) is 5.65 Å². The fraction of sp³-hybridized carbons (Fsp3) is 0.480. The van der Waals surface area contributed by atoms with Crippen molar-refractivity contribution in [1.29, 1.82) is 0 Å². The molecule has 0 atom stereocenters. The monoisotopic (exact) mass is 488 g/mol. The first-order valence-electron chi connectivity index (χ1n) is 12.2. The summed E-state index contributed by atoms with van der Waals surface area (Å²) in [4.78, 5) is 21.8. The second-order valence-corrected chi connectivity index (χ2v) is 7.95. The van der Waals surface area contributed by atoms with Gasteiger partial charge >= 0.3 is 0 Å². The fourth-order valence-corrected chi connectivity index (χ4v) is 3.82. The van der Waals surface area contributed by atoms with Gasteiger partial charge in [-0.25, -0.2) is 18.3 Å². The quantitative estimate of drug-likeness (QED) is 0.594. The molecule has 0 bridgehead atoms. The Morgan fingerprint density at radius 2 is 1.63 bits per heavy atom. The van der Waals surface area contributed by atoms with Crippen molar-refractivity contribution in [3.05, 3.63) is 59.9 Å². The Morgan fingerprint density at radius 3 is 2.26 bits per heavy atom. The molecular formula is C25H34F2N6O2. The number of morpholine rings is 1. The lowest BCUT2D eigenvalue weighted by atomic mass is 10.3. The molecule has 4 heterocycles. The molecule has 2 aromatic heterocycles. The van der Waals surface area contributed by atoms with E-state index in [1.807, 2.05) is 26.1 Å². The minimum Gasteiger partial charge on any atom is -0.379 e. The van der Waals surface area contributed by atoms with Crippen LogP contribution in [0.3, 0.4) is 0 Å². The number of nitrogens with zero attached hydrogens (tertiary/aromatic N) is 5. The lowest BCUT2D eigenvalue weighted by Crippen LogP contribution is -2.41. The third kappa shape index (κ3) is 7.69. The Hall–Kier alpha value is -3.11. The van der Waals surface area contributed by atoms with E-state index in [0.717, 1.165) is 76.0 Å². The number of rotatable bonds is 5. The van der Waals surface area contributed by atoms with Crippen LogP contribution in [0.1, 0.15) is 37.0 Å². The van der Waals surface area contributed by atoms with Crippen LogP contribution in [-0.4, -0.2) is 77.9 Å². The van der Waals surface area contributed by atoms with Gasteiger partial charge in [-0.1, -0.05) is 13.8 Å². The predicted octanol–water partition coefficient (Wildman–Crippen LogP) is 3.38. The maximum atomic E-state index is 12.5. The van der Waals surface area contributed by atoms with Gasteiger partial charge in [0.2, 0.25) is 0 Å². The summed E-state index contributed by atoms with van der Waals surface area (Å²) < 4.78 is 30.8. The summed E-state index contributed by atoms with van der Waals surface area (Å²) in [5.74, 6) is -0.0139. The normalized spacial score (nSPS) is 15.7. The molecule has 0 saturated carbocycles. The van der Waals surface area contributed by atoms with Crippen molar-refractivity contribution < 1.29 is 18.3 Å². The number of amides is 1. The van der Waals surface area contributed by atoms with Crippen LogP contribution in [0.5, 0.6) is 0 Å². The Bertz CT molecular complexity index is 1030. The van der Waals surface area contributed by atoms with E-state index in [1.54, 1.807) is 10.7 Å². The molecule has 10 heteroatoms. The maximum Gasteiger partial charge on any atom is 0.256 e. The smallest absolute Gasteiger partial charge is 0.256 e. The average Bonchev–Trinajstić information content (AvgIpc) is 3.58. The molecule has 8 nitrogen and oxygen atoms in total. The van der Waals surface area contributed by atoms with E-state index in [2.05, 4.69) is 25.2 Å². The van der Waals surface area contributed by atoms with Gasteiger partial charge in [0.05, 0.1) is 19.4 Å². The highest BCUT2D eigenvalue weighted by Gasteiger charge is 2.18. The molecule has 0 unspecified atom stereocenters. The number of ether oxygens (including phenoxy) is 1. The SMILES string of the molecule is CC.Fc1ccc(F)cc1.O=C(NCCN1CCOCC1)c1cnn2ccc(N3CCCC3)nc12. The lowest BCUT2D eigenvalue weighted by Gasteiger charge is -2.26. The Morgan fingerprint density at radius 1 is 1.00 bits per heavy atom. The van der Waals surface area contributed by atoms with Crippen molar-refractivity contribution >= 4 is 17.4 Å². The van der Waals surface area contributed by atoms with E-state index >= 15 is 0 Å². The van der Waals surface area contributed by atoms with E-state index in [4.69, 9.17) is 4.74 Å². The minimum absolute atomic E-state index is 0.116. The van der Waals surface area contributed by atoms with Gasteiger partial charge in [-0.05, 0) is 43.2 Å². The molecule has 1 amide bonds. The molecule has 190 valence electrons. The van der Waals surface area contributed by atoms with Crippen molar-refractivity contribution in [2.45, 2.75) is 26.7 Å². The number of carbonyl (C=O) groups is 1. The molecule has 1 aromatic carbocycles. The summed E-state index contributed by atoms with van der Waals surface area (Å²) in [5, 5.41) is 7.24. The van der Waals surface area contributed by atoms with E-state index in [1.165, 1.54) is 12.8 Å². The number of benzene rings is 1. The summed E-state index contributed by atoms with van der Waals surface area (Å²) in [7, 11) is 0. The van der Waals surface area contributed by atoms with Crippen LogP contribution in [0, 0.1) is 11.6 Å². The Kier molecular flexibility index (Phi) is 10.4. The van der Waals surface area contributed by atoms with Crippen molar-refractivity contribution in [3.63, 3.8) is 0 Å². The largest absolute Gasteiger partial charge is 0.379 e. The second-order valence-electron chi connectivity index (χ2n) is 7.95. The molecular weight excluding hydrogens is 454 g/mol. The summed E-state index contributed by atoms with van der Waals surface area (Å²) in [6.45, 7) is 10.9. The van der Waals surface area contributed by atoms with E-state index in [0.29, 0.717) is 17.8 Å². The van der Waals surface area contributed by atoms with Crippen LogP contribution in [0.4, 0.5) is 14.6 Å². The van der Waals surface area contributed by atoms with Gasteiger partial charge in [-0.3, -0.25) is 9.69 Å². The molecule has 0 radical (unpaired) electrons. The van der Waals surface area contributed by atoms with Crippen molar-refractivity contribution in [2.75, 3.05) is 57.4 Å². The first-order chi connectivity index (χ1) is 17.1. The van der Waals surface area contributed by atoms with E-state index in [-0.39, 0.29) is 5.91 Å². The van der Waals surface area contributed by atoms with Gasteiger partial charge < -0.3 is 15.0 Å². The molecule has 2 aliphatic rings. The molecule has 2 saturated heterocycles. The highest BCUT2D eigenvalue weighted by atomic mass is 19.1. The maximum absolute atomic E-state index is 12.5. The van der Waals surface area contributed by atoms with Crippen LogP contribution in [0.25, 0.3) is 5.65 Å². The molecule has 0 aliphatic carbocycles. The summed E-state index contributed by atoms with van der Waals surface area (Å²) >= 11 is 0. The number of hydrogen-bond acceptors (Lipinski definition) is 6. The van der Waals surface area contributed by atoms with Crippen molar-refractivity contribution in [2.24, 2.45) is 0 Å². The summed E-state index contributed by atoms with van der Waals surface area (Å²) in [5.41, 5.74) is 1.15. The highest BCUT2D eigenvalue weighted by Crippen LogP contribution is 2.19. The Labute approximate surface area is 204 Å². The van der Waals surface area contributed by atoms with Gasteiger partial charge in [-0.2, -0.15) is 5.10 Å². The Balaban J connectivity index is 0.000000289. The zero-order valence-electron chi connectivity index (χ0n) is 20.4. The number of carbonyl (C=O) groups excluding carboxylic acids is 1. The standard InChI is InChI=1S/C17H24N6O2.C6H4F2.C2H6/c24-17(18-4-8-21-9-11-25-12-10-21)14-13-19-23-7-3-15(20-16(14)23)22-5-1-2-6-22;7-5-1-2-6(8)4-3-5;1-2/h3,7,13H,1-2,4-6,8-12H2,(H,18,24);1-4H;1-2H3. The minimum atomic E-state index is -0.411. The van der Waals surface area contributed by atoms with Gasteiger partial charge in [0, 0.05) is 45.5 Å². The summed E-state index contributed by atoms with van der Waals surface area (Å²) in [6, 6.07) is 6.28. The van der Waals surface area contributed by atoms with E-state index in [9.17, 15) is 13.6 Å². The van der Waals surface area contributed by atoms with Gasteiger partial charge in [0.1, 0.15) is 23.0 Å². The average molecular weight is 489 g/mol. The number of halogens is 2. The molecule has 35 heavy (non-hydrogen) atoms. The number of anilines is 1. The number of fused-ring (bicyclic) bond motifs is 1. The number of aromatic nitrogens is 3. The topological polar surface area (TPSA) is 75.0 Å². The fourth-order valence-electron chi connectivity index (χ4n) is 3.82. The molecule has 5 rings (SSSR count). The zero-order valence-corrected chi connectivity index (χ0v) is 20.4.